The van der Waals surface area contributed by atoms with Crippen LogP contribution in [-0.2, 0) is 0 Å². The molecule has 50 heavy (non-hydrogen) atoms. The number of fused-ring (bicyclic) bond motifs is 6. The highest BCUT2D eigenvalue weighted by molar-refractivity contribution is 7.99. The molecule has 7 aromatic rings. The molecule has 2 heteroatoms. The van der Waals surface area contributed by atoms with Crippen molar-refractivity contribution in [3.8, 4) is 22.3 Å². The number of likely N-dealkylation sites (N-methyl/N-ethyl adjacent to an activating group) is 1. The average Bonchev–Trinajstić information content (AvgIpc) is 4.00. The van der Waals surface area contributed by atoms with E-state index < -0.39 is 0 Å². The van der Waals surface area contributed by atoms with E-state index in [1.54, 1.807) is 0 Å². The molecule has 1 radical (unpaired) electrons. The Morgan fingerprint density at radius 2 is 1.14 bits per heavy atom. The maximum Gasteiger partial charge on any atom is 0.0423 e. The van der Waals surface area contributed by atoms with E-state index in [1.807, 2.05) is 11.8 Å². The SMILES string of the molecule is Cc1ccccc1Sc1ccc(-c2cc(/C3=C\CC/C=C\N(C)C3)cc(-c3ccc4c5ccccc5c5ccccc5c4c3)c2)cc1C1=C[CH]1. The molecule has 1 heterocycles. The standard InChI is InChI=1S/C48H38NS/c1-32-12-5-10-18-47(32)50-48-24-22-35(29-45(48)33-19-20-33)38-26-37(27-39(28-38)36-13-4-3-11-25-49(2)31-36)34-21-23-44-42-16-7-6-14-40(42)41-15-8-9-17-43(41)46(44)30-34/h5-30H,3-4,31H2,1-2H3/b25-11-,36-13-. The van der Waals surface area contributed by atoms with E-state index in [2.05, 4.69) is 177 Å². The summed E-state index contributed by atoms with van der Waals surface area (Å²) in [5.41, 5.74) is 11.6. The molecule has 0 saturated carbocycles. The number of allylic oxidation sites excluding steroid dienone is 4. The third-order valence-electron chi connectivity index (χ3n) is 10.2. The van der Waals surface area contributed by atoms with Crippen LogP contribution >= 0.6 is 11.8 Å². The Balaban J connectivity index is 1.21. The summed E-state index contributed by atoms with van der Waals surface area (Å²) >= 11 is 1.86. The van der Waals surface area contributed by atoms with Crippen molar-refractivity contribution in [2.45, 2.75) is 29.6 Å². The van der Waals surface area contributed by atoms with Gasteiger partial charge in [-0.15, -0.1) is 0 Å². The number of hydrogen-bond acceptors (Lipinski definition) is 2. The summed E-state index contributed by atoms with van der Waals surface area (Å²) in [6.07, 6.45) is 13.5. The van der Waals surface area contributed by atoms with Crippen LogP contribution in [0.5, 0.6) is 0 Å². The van der Waals surface area contributed by atoms with Gasteiger partial charge in [0.1, 0.15) is 0 Å². The van der Waals surface area contributed by atoms with Gasteiger partial charge in [0.2, 0.25) is 0 Å². The number of benzene rings is 7. The van der Waals surface area contributed by atoms with Crippen LogP contribution < -0.4 is 0 Å². The topological polar surface area (TPSA) is 3.24 Å². The van der Waals surface area contributed by atoms with Crippen molar-refractivity contribution in [2.24, 2.45) is 0 Å². The average molecular weight is 661 g/mol. The van der Waals surface area contributed by atoms with Gasteiger partial charge in [-0.05, 0) is 151 Å². The molecule has 0 saturated heterocycles. The van der Waals surface area contributed by atoms with Gasteiger partial charge in [0, 0.05) is 29.8 Å². The molecule has 1 nitrogen and oxygen atoms in total. The molecule has 0 N–H and O–H groups in total. The van der Waals surface area contributed by atoms with Crippen molar-refractivity contribution >= 4 is 55.2 Å². The summed E-state index contributed by atoms with van der Waals surface area (Å²) < 4.78 is 0. The normalized spacial score (nSPS) is 16.2. The van der Waals surface area contributed by atoms with Crippen molar-refractivity contribution in [2.75, 3.05) is 13.6 Å². The van der Waals surface area contributed by atoms with Crippen LogP contribution in [0.2, 0.25) is 0 Å². The lowest BCUT2D eigenvalue weighted by atomic mass is 9.89. The predicted molar refractivity (Wildman–Crippen MR) is 216 cm³/mol. The fraction of sp³-hybridized carbons (Fsp3) is 0.104. The van der Waals surface area contributed by atoms with Gasteiger partial charge in [0.05, 0.1) is 0 Å². The second kappa shape index (κ2) is 12.9. The van der Waals surface area contributed by atoms with Gasteiger partial charge >= 0.3 is 0 Å². The zero-order chi connectivity index (χ0) is 33.6. The zero-order valence-corrected chi connectivity index (χ0v) is 29.3. The van der Waals surface area contributed by atoms with Crippen LogP contribution in [0, 0.1) is 13.3 Å². The van der Waals surface area contributed by atoms with Crippen molar-refractivity contribution < 1.29 is 0 Å². The van der Waals surface area contributed by atoms with Gasteiger partial charge in [-0.1, -0.05) is 115 Å². The monoisotopic (exact) mass is 660 g/mol. The first-order chi connectivity index (χ1) is 24.6. The predicted octanol–water partition coefficient (Wildman–Crippen LogP) is 13.2. The molecule has 0 unspecified atom stereocenters. The van der Waals surface area contributed by atoms with E-state index in [0.29, 0.717) is 0 Å². The first-order valence-corrected chi connectivity index (χ1v) is 18.4. The molecule has 0 fully saturated rings. The Bertz CT molecular complexity index is 2510. The summed E-state index contributed by atoms with van der Waals surface area (Å²) in [4.78, 5) is 4.90. The van der Waals surface area contributed by atoms with Crippen molar-refractivity contribution in [1.82, 2.24) is 4.90 Å². The molecule has 1 aliphatic heterocycles. The van der Waals surface area contributed by atoms with Gasteiger partial charge in [0.15, 0.2) is 0 Å². The maximum absolute atomic E-state index is 2.44. The first kappa shape index (κ1) is 30.7. The van der Waals surface area contributed by atoms with E-state index in [4.69, 9.17) is 0 Å². The van der Waals surface area contributed by atoms with Gasteiger partial charge < -0.3 is 4.90 Å². The molecule has 0 spiro atoms. The van der Waals surface area contributed by atoms with Gasteiger partial charge in [-0.2, -0.15) is 0 Å². The Hall–Kier alpha value is -5.31. The van der Waals surface area contributed by atoms with Gasteiger partial charge in [-0.3, -0.25) is 0 Å². The van der Waals surface area contributed by atoms with Crippen LogP contribution in [0.1, 0.15) is 29.5 Å². The number of hydrogen-bond donors (Lipinski definition) is 0. The zero-order valence-electron chi connectivity index (χ0n) is 28.5. The molecule has 0 bridgehead atoms. The van der Waals surface area contributed by atoms with Crippen molar-refractivity contribution in [3.63, 3.8) is 0 Å². The summed E-state index contributed by atoms with van der Waals surface area (Å²) in [6.45, 7) is 3.08. The molecule has 2 aliphatic rings. The summed E-state index contributed by atoms with van der Waals surface area (Å²) in [5, 5.41) is 7.83. The Morgan fingerprint density at radius 1 is 0.540 bits per heavy atom. The van der Waals surface area contributed by atoms with Gasteiger partial charge in [-0.25, -0.2) is 0 Å². The smallest absolute Gasteiger partial charge is 0.0423 e. The largest absolute Gasteiger partial charge is 0.376 e. The fourth-order valence-corrected chi connectivity index (χ4v) is 8.51. The van der Waals surface area contributed by atoms with Crippen LogP contribution in [-0.4, -0.2) is 18.5 Å². The third-order valence-corrected chi connectivity index (χ3v) is 11.4. The minimum Gasteiger partial charge on any atom is -0.376 e. The quantitative estimate of drug-likeness (QED) is 0.163. The molecule has 0 amide bonds. The minimum atomic E-state index is 0.882. The highest BCUT2D eigenvalue weighted by Crippen LogP contribution is 2.43. The Labute approximate surface area is 299 Å². The lowest BCUT2D eigenvalue weighted by Crippen LogP contribution is -2.14. The first-order valence-electron chi connectivity index (χ1n) is 17.6. The second-order valence-corrected chi connectivity index (χ2v) is 14.7. The molecule has 7 aromatic carbocycles. The molecule has 241 valence electrons. The van der Waals surface area contributed by atoms with E-state index in [-0.39, 0.29) is 0 Å². The highest BCUT2D eigenvalue weighted by atomic mass is 32.2. The molecular weight excluding hydrogens is 623 g/mol. The number of aryl methyl sites for hydroxylation is 1. The van der Waals surface area contributed by atoms with Crippen LogP contribution in [0.15, 0.2) is 162 Å². The lowest BCUT2D eigenvalue weighted by molar-refractivity contribution is 0.512. The maximum atomic E-state index is 2.44. The van der Waals surface area contributed by atoms with Crippen molar-refractivity contribution in [1.29, 1.82) is 0 Å². The summed E-state index contributed by atoms with van der Waals surface area (Å²) in [7, 11) is 2.18. The van der Waals surface area contributed by atoms with Crippen LogP contribution in [0.25, 0.3) is 65.7 Å². The molecule has 0 aromatic heterocycles. The summed E-state index contributed by atoms with van der Waals surface area (Å²) in [5.74, 6) is 0. The molecule has 1 aliphatic carbocycles. The Morgan fingerprint density at radius 3 is 1.84 bits per heavy atom. The third kappa shape index (κ3) is 5.84. The highest BCUT2D eigenvalue weighted by Gasteiger charge is 2.19. The van der Waals surface area contributed by atoms with Crippen molar-refractivity contribution in [3.05, 3.63) is 175 Å². The second-order valence-electron chi connectivity index (χ2n) is 13.6. The van der Waals surface area contributed by atoms with E-state index >= 15 is 0 Å². The van der Waals surface area contributed by atoms with Crippen LogP contribution in [0.4, 0.5) is 0 Å². The molecule has 0 atom stereocenters. The molecular formula is C48H38NS. The van der Waals surface area contributed by atoms with Crippen LogP contribution in [0.3, 0.4) is 0 Å². The summed E-state index contributed by atoms with van der Waals surface area (Å²) in [6, 6.07) is 47.7. The van der Waals surface area contributed by atoms with Gasteiger partial charge in [0.25, 0.3) is 0 Å². The number of nitrogens with zero attached hydrogens (tertiary/aromatic N) is 1. The lowest BCUT2D eigenvalue weighted by Gasteiger charge is -2.21. The molecule has 9 rings (SSSR count). The van der Waals surface area contributed by atoms with E-state index in [1.165, 1.54) is 92.2 Å². The fourth-order valence-electron chi connectivity index (χ4n) is 7.47. The Kier molecular flexibility index (Phi) is 7.90. The van der Waals surface area contributed by atoms with E-state index in [0.717, 1.165) is 19.4 Å². The van der Waals surface area contributed by atoms with E-state index in [9.17, 15) is 0 Å². The minimum absolute atomic E-state index is 0.882. The number of rotatable bonds is 6.